The first-order valence-electron chi connectivity index (χ1n) is 7.14. The van der Waals surface area contributed by atoms with Crippen LogP contribution in [0, 0.1) is 17.0 Å². The fraction of sp³-hybridized carbons (Fsp3) is 0.133. The van der Waals surface area contributed by atoms with Gasteiger partial charge in [0.1, 0.15) is 10.7 Å². The average Bonchev–Trinajstić information content (AvgIpc) is 3.21. The van der Waals surface area contributed by atoms with Gasteiger partial charge < -0.3 is 9.47 Å². The molecule has 0 fully saturated rings. The highest BCUT2D eigenvalue weighted by Crippen LogP contribution is 2.37. The smallest absolute Gasteiger partial charge is 0.282 e. The summed E-state index contributed by atoms with van der Waals surface area (Å²) < 4.78 is 11.5. The highest BCUT2D eigenvalue weighted by atomic mass is 32.1. The van der Waals surface area contributed by atoms with Crippen LogP contribution in [-0.4, -0.2) is 27.6 Å². The van der Waals surface area contributed by atoms with E-state index in [0.29, 0.717) is 27.5 Å². The molecule has 2 aromatic heterocycles. The molecule has 0 spiro atoms. The summed E-state index contributed by atoms with van der Waals surface area (Å²) in [6, 6.07) is 4.41. The molecule has 3 heterocycles. The van der Waals surface area contributed by atoms with Gasteiger partial charge in [-0.25, -0.2) is 4.98 Å². The molecule has 1 aliphatic heterocycles. The van der Waals surface area contributed by atoms with E-state index >= 15 is 0 Å². The lowest BCUT2D eigenvalue weighted by atomic mass is 10.1. The lowest BCUT2D eigenvalue weighted by molar-refractivity contribution is -0.385. The van der Waals surface area contributed by atoms with Crippen LogP contribution in [0.15, 0.2) is 33.5 Å². The van der Waals surface area contributed by atoms with Crippen molar-refractivity contribution in [2.75, 3.05) is 6.79 Å². The minimum absolute atomic E-state index is 0.00436. The number of hydrogen-bond donors (Lipinski definition) is 0. The third-order valence-corrected chi connectivity index (χ3v) is 4.47. The maximum Gasteiger partial charge on any atom is 0.282 e. The number of benzene rings is 1. The van der Waals surface area contributed by atoms with Crippen molar-refractivity contribution in [1.29, 1.82) is 0 Å². The van der Waals surface area contributed by atoms with E-state index < -0.39 is 4.92 Å². The van der Waals surface area contributed by atoms with E-state index in [1.54, 1.807) is 18.4 Å². The second kappa shape index (κ2) is 5.67. The van der Waals surface area contributed by atoms with Gasteiger partial charge in [0, 0.05) is 0 Å². The Bertz CT molecular complexity index is 1100. The molecule has 4 rings (SSSR count). The fourth-order valence-electron chi connectivity index (χ4n) is 2.47. The molecule has 10 heteroatoms. The third kappa shape index (κ3) is 2.52. The number of nitro benzene ring substituents is 1. The monoisotopic (exact) mass is 358 g/mol. The molecule has 25 heavy (non-hydrogen) atoms. The minimum atomic E-state index is -0.542. The molecule has 1 aromatic carbocycles. The van der Waals surface area contributed by atoms with Gasteiger partial charge in [0.05, 0.1) is 28.2 Å². The van der Waals surface area contributed by atoms with Gasteiger partial charge in [-0.15, -0.1) is 11.3 Å². The van der Waals surface area contributed by atoms with Gasteiger partial charge in [-0.1, -0.05) is 0 Å². The van der Waals surface area contributed by atoms with Gasteiger partial charge in [0.15, 0.2) is 11.5 Å². The topological polar surface area (TPSA) is 109 Å². The quantitative estimate of drug-likeness (QED) is 0.404. The first kappa shape index (κ1) is 15.3. The van der Waals surface area contributed by atoms with Gasteiger partial charge in [0.25, 0.3) is 11.2 Å². The lowest BCUT2D eigenvalue weighted by Gasteiger charge is -2.04. The second-order valence-corrected chi connectivity index (χ2v) is 6.08. The van der Waals surface area contributed by atoms with Gasteiger partial charge in [-0.05, 0) is 24.4 Å². The van der Waals surface area contributed by atoms with Gasteiger partial charge in [-0.2, -0.15) is 9.78 Å². The Morgan fingerprint density at radius 2 is 2.16 bits per heavy atom. The van der Waals surface area contributed by atoms with E-state index in [1.807, 2.05) is 0 Å². The molecule has 9 nitrogen and oxygen atoms in total. The molecule has 0 aliphatic carbocycles. The van der Waals surface area contributed by atoms with Crippen molar-refractivity contribution < 1.29 is 14.4 Å². The van der Waals surface area contributed by atoms with Gasteiger partial charge in [0.2, 0.25) is 6.79 Å². The maximum absolute atomic E-state index is 12.5. The Morgan fingerprint density at radius 1 is 1.40 bits per heavy atom. The van der Waals surface area contributed by atoms with Crippen LogP contribution in [0.4, 0.5) is 5.69 Å². The van der Waals surface area contributed by atoms with Gasteiger partial charge >= 0.3 is 0 Å². The summed E-state index contributed by atoms with van der Waals surface area (Å²) in [5, 5.41) is 17.6. The second-order valence-electron chi connectivity index (χ2n) is 5.18. The van der Waals surface area contributed by atoms with Crippen LogP contribution in [0.2, 0.25) is 0 Å². The van der Waals surface area contributed by atoms with Crippen LogP contribution < -0.4 is 15.0 Å². The number of aryl methyl sites for hydroxylation is 1. The molecule has 0 atom stereocenters. The van der Waals surface area contributed by atoms with Crippen LogP contribution in [0.25, 0.3) is 10.2 Å². The zero-order chi connectivity index (χ0) is 17.6. The Kier molecular flexibility index (Phi) is 3.46. The van der Waals surface area contributed by atoms with E-state index in [-0.39, 0.29) is 23.6 Å². The molecule has 0 radical (unpaired) electrons. The Hall–Kier alpha value is -3.27. The standard InChI is InChI=1S/C15H10N4O5S/c1-8-17-14-10(2-3-25-14)15(20)18(8)16-6-9-4-12-13(24-7-23-12)5-11(9)19(21)22/h2-6H,7H2,1H3. The predicted octanol–water partition coefficient (Wildman–Crippen LogP) is 2.29. The summed E-state index contributed by atoms with van der Waals surface area (Å²) in [6.45, 7) is 1.65. The van der Waals surface area contributed by atoms with Crippen molar-refractivity contribution >= 4 is 33.5 Å². The van der Waals surface area contributed by atoms with Crippen LogP contribution in [0.1, 0.15) is 11.4 Å². The number of fused-ring (bicyclic) bond motifs is 2. The summed E-state index contributed by atoms with van der Waals surface area (Å²) in [5.41, 5.74) is -0.322. The summed E-state index contributed by atoms with van der Waals surface area (Å²) in [4.78, 5) is 28.1. The molecular weight excluding hydrogens is 348 g/mol. The molecule has 0 saturated carbocycles. The highest BCUT2D eigenvalue weighted by Gasteiger charge is 2.22. The van der Waals surface area contributed by atoms with Gasteiger partial charge in [-0.3, -0.25) is 14.9 Å². The van der Waals surface area contributed by atoms with Crippen molar-refractivity contribution in [3.05, 3.63) is 55.4 Å². The van der Waals surface area contributed by atoms with E-state index in [1.165, 1.54) is 29.7 Å². The number of nitro groups is 1. The van der Waals surface area contributed by atoms with Crippen molar-refractivity contribution in [1.82, 2.24) is 9.66 Å². The molecule has 0 saturated heterocycles. The van der Waals surface area contributed by atoms with Crippen molar-refractivity contribution in [2.24, 2.45) is 5.10 Å². The normalized spacial score (nSPS) is 13.0. The van der Waals surface area contributed by atoms with E-state index in [2.05, 4.69) is 10.1 Å². The Morgan fingerprint density at radius 3 is 2.92 bits per heavy atom. The van der Waals surface area contributed by atoms with Crippen molar-refractivity contribution in [3.8, 4) is 11.5 Å². The fourth-order valence-corrected chi connectivity index (χ4v) is 3.27. The SMILES string of the molecule is Cc1nc2sccc2c(=O)n1N=Cc1cc2c(cc1[N+](=O)[O-])OCO2. The lowest BCUT2D eigenvalue weighted by Crippen LogP contribution is -2.19. The molecule has 0 amide bonds. The molecule has 126 valence electrons. The van der Waals surface area contributed by atoms with Crippen molar-refractivity contribution in [3.63, 3.8) is 0 Å². The van der Waals surface area contributed by atoms with Crippen LogP contribution >= 0.6 is 11.3 Å². The largest absolute Gasteiger partial charge is 0.454 e. The summed E-state index contributed by atoms with van der Waals surface area (Å²) in [7, 11) is 0. The van der Waals surface area contributed by atoms with Crippen LogP contribution in [-0.2, 0) is 0 Å². The van der Waals surface area contributed by atoms with Crippen LogP contribution in [0.3, 0.4) is 0 Å². The minimum Gasteiger partial charge on any atom is -0.454 e. The number of nitrogens with zero attached hydrogens (tertiary/aromatic N) is 4. The summed E-state index contributed by atoms with van der Waals surface area (Å²) in [5.74, 6) is 1.08. The maximum atomic E-state index is 12.5. The Balaban J connectivity index is 1.83. The molecule has 3 aromatic rings. The van der Waals surface area contributed by atoms with Crippen LogP contribution in [0.5, 0.6) is 11.5 Å². The summed E-state index contributed by atoms with van der Waals surface area (Å²) >= 11 is 1.36. The molecule has 1 aliphatic rings. The number of hydrogen-bond acceptors (Lipinski definition) is 8. The highest BCUT2D eigenvalue weighted by molar-refractivity contribution is 7.16. The number of ether oxygens (including phenoxy) is 2. The van der Waals surface area contributed by atoms with Crippen molar-refractivity contribution in [2.45, 2.75) is 6.92 Å². The number of rotatable bonds is 3. The number of aromatic nitrogens is 2. The molecule has 0 bridgehead atoms. The Labute approximate surface area is 143 Å². The molecular formula is C15H10N4O5S. The first-order chi connectivity index (χ1) is 12.0. The zero-order valence-corrected chi connectivity index (χ0v) is 13.6. The van der Waals surface area contributed by atoms with E-state index in [0.717, 1.165) is 4.68 Å². The van der Waals surface area contributed by atoms with E-state index in [4.69, 9.17) is 9.47 Å². The molecule has 0 unspecified atom stereocenters. The van der Waals surface area contributed by atoms with E-state index in [9.17, 15) is 14.9 Å². The average molecular weight is 358 g/mol. The predicted molar refractivity (Wildman–Crippen MR) is 90.8 cm³/mol. The zero-order valence-electron chi connectivity index (χ0n) is 12.8. The molecule has 0 N–H and O–H groups in total. The number of thiophene rings is 1. The third-order valence-electron chi connectivity index (χ3n) is 3.67. The summed E-state index contributed by atoms with van der Waals surface area (Å²) in [6.07, 6.45) is 1.24. The first-order valence-corrected chi connectivity index (χ1v) is 8.02.